The number of rotatable bonds is 5. The standard InChI is InChI=1S/C14H18N2O4/c17-13(11-2-1-7-16(11)9-3-4-9)15-8-10-5-6-12(20-10)14(18)19/h1-2,7,9-10,12H,3-6,8H2,(H,15,17)(H,18,19). The van der Waals surface area contributed by atoms with E-state index in [9.17, 15) is 9.59 Å². The zero-order chi connectivity index (χ0) is 14.1. The molecule has 1 saturated carbocycles. The molecule has 2 aliphatic rings. The van der Waals surface area contributed by atoms with Crippen LogP contribution in [0.4, 0.5) is 0 Å². The lowest BCUT2D eigenvalue weighted by molar-refractivity contribution is -0.149. The van der Waals surface area contributed by atoms with E-state index >= 15 is 0 Å². The van der Waals surface area contributed by atoms with Crippen LogP contribution in [-0.4, -0.2) is 40.3 Å². The number of carbonyl (C=O) groups excluding carboxylic acids is 1. The highest BCUT2D eigenvalue weighted by molar-refractivity contribution is 5.92. The van der Waals surface area contributed by atoms with Gasteiger partial charge in [-0.3, -0.25) is 4.79 Å². The molecule has 2 heterocycles. The van der Waals surface area contributed by atoms with E-state index in [1.165, 1.54) is 0 Å². The second-order valence-corrected chi connectivity index (χ2v) is 5.40. The smallest absolute Gasteiger partial charge is 0.332 e. The van der Waals surface area contributed by atoms with E-state index in [4.69, 9.17) is 9.84 Å². The SMILES string of the molecule is O=C(NCC1CCC(C(=O)O)O1)c1cccn1C1CC1. The van der Waals surface area contributed by atoms with Gasteiger partial charge in [0.1, 0.15) is 5.69 Å². The molecule has 2 N–H and O–H groups in total. The fraction of sp³-hybridized carbons (Fsp3) is 0.571. The van der Waals surface area contributed by atoms with E-state index in [1.807, 2.05) is 22.9 Å². The normalized spacial score (nSPS) is 25.6. The lowest BCUT2D eigenvalue weighted by atomic mass is 10.2. The van der Waals surface area contributed by atoms with Crippen molar-refractivity contribution in [2.45, 2.75) is 43.9 Å². The van der Waals surface area contributed by atoms with Crippen molar-refractivity contribution < 1.29 is 19.4 Å². The van der Waals surface area contributed by atoms with Crippen molar-refractivity contribution in [2.75, 3.05) is 6.54 Å². The molecule has 0 radical (unpaired) electrons. The third kappa shape index (κ3) is 2.70. The third-order valence-corrected chi connectivity index (χ3v) is 3.83. The minimum Gasteiger partial charge on any atom is -0.479 e. The second kappa shape index (κ2) is 5.28. The molecule has 20 heavy (non-hydrogen) atoms. The van der Waals surface area contributed by atoms with Gasteiger partial charge in [-0.1, -0.05) is 0 Å². The van der Waals surface area contributed by atoms with Crippen molar-refractivity contribution in [3.63, 3.8) is 0 Å². The number of carbonyl (C=O) groups is 2. The molecule has 1 aromatic heterocycles. The molecular formula is C14H18N2O4. The molecule has 3 rings (SSSR count). The molecule has 1 aliphatic heterocycles. The van der Waals surface area contributed by atoms with Gasteiger partial charge in [-0.15, -0.1) is 0 Å². The predicted molar refractivity (Wildman–Crippen MR) is 70.6 cm³/mol. The number of aliphatic carboxylic acids is 1. The Hall–Kier alpha value is -1.82. The predicted octanol–water partition coefficient (Wildman–Crippen LogP) is 1.18. The van der Waals surface area contributed by atoms with Gasteiger partial charge in [0.05, 0.1) is 6.10 Å². The minimum absolute atomic E-state index is 0.121. The summed E-state index contributed by atoms with van der Waals surface area (Å²) in [5, 5.41) is 11.7. The summed E-state index contributed by atoms with van der Waals surface area (Å²) in [5.41, 5.74) is 0.667. The van der Waals surface area contributed by atoms with Crippen molar-refractivity contribution in [3.05, 3.63) is 24.0 Å². The first-order valence-corrected chi connectivity index (χ1v) is 6.98. The van der Waals surface area contributed by atoms with Gasteiger partial charge < -0.3 is 19.7 Å². The Labute approximate surface area is 116 Å². The second-order valence-electron chi connectivity index (χ2n) is 5.40. The molecule has 1 amide bonds. The van der Waals surface area contributed by atoms with Crippen LogP contribution in [0, 0.1) is 0 Å². The number of nitrogens with one attached hydrogen (secondary N) is 1. The molecule has 6 nitrogen and oxygen atoms in total. The molecule has 0 aromatic carbocycles. The van der Waals surface area contributed by atoms with Gasteiger partial charge in [0.15, 0.2) is 6.10 Å². The molecule has 2 unspecified atom stereocenters. The van der Waals surface area contributed by atoms with Crippen LogP contribution in [0.5, 0.6) is 0 Å². The van der Waals surface area contributed by atoms with Crippen molar-refractivity contribution >= 4 is 11.9 Å². The fourth-order valence-corrected chi connectivity index (χ4v) is 2.59. The van der Waals surface area contributed by atoms with Crippen molar-refractivity contribution in [1.82, 2.24) is 9.88 Å². The Balaban J connectivity index is 1.52. The van der Waals surface area contributed by atoms with Crippen LogP contribution < -0.4 is 5.32 Å². The first kappa shape index (κ1) is 13.2. The van der Waals surface area contributed by atoms with Gasteiger partial charge in [0.25, 0.3) is 5.91 Å². The van der Waals surface area contributed by atoms with Gasteiger partial charge in [0.2, 0.25) is 0 Å². The third-order valence-electron chi connectivity index (χ3n) is 3.83. The van der Waals surface area contributed by atoms with Crippen LogP contribution in [-0.2, 0) is 9.53 Å². The maximum absolute atomic E-state index is 12.1. The zero-order valence-electron chi connectivity index (χ0n) is 11.1. The first-order chi connectivity index (χ1) is 9.65. The van der Waals surface area contributed by atoms with Gasteiger partial charge >= 0.3 is 5.97 Å². The summed E-state index contributed by atoms with van der Waals surface area (Å²) < 4.78 is 7.36. The van der Waals surface area contributed by atoms with Gasteiger partial charge in [-0.05, 0) is 37.8 Å². The number of hydrogen-bond acceptors (Lipinski definition) is 3. The number of nitrogens with zero attached hydrogens (tertiary/aromatic N) is 1. The molecule has 2 atom stereocenters. The first-order valence-electron chi connectivity index (χ1n) is 6.98. The molecule has 1 saturated heterocycles. The molecule has 108 valence electrons. The van der Waals surface area contributed by atoms with E-state index in [1.54, 1.807) is 0 Å². The molecule has 6 heteroatoms. The summed E-state index contributed by atoms with van der Waals surface area (Å²) in [6, 6.07) is 4.15. The zero-order valence-corrected chi connectivity index (χ0v) is 11.1. The van der Waals surface area contributed by atoms with Crippen molar-refractivity contribution in [1.29, 1.82) is 0 Å². The number of ether oxygens (including phenoxy) is 1. The van der Waals surface area contributed by atoms with E-state index in [0.29, 0.717) is 31.1 Å². The Morgan fingerprint density at radius 2 is 2.15 bits per heavy atom. The Bertz CT molecular complexity index is 521. The largest absolute Gasteiger partial charge is 0.479 e. The fourth-order valence-electron chi connectivity index (χ4n) is 2.59. The Morgan fingerprint density at radius 1 is 1.35 bits per heavy atom. The quantitative estimate of drug-likeness (QED) is 0.847. The van der Waals surface area contributed by atoms with Crippen LogP contribution >= 0.6 is 0 Å². The van der Waals surface area contributed by atoms with Crippen LogP contribution in [0.2, 0.25) is 0 Å². The van der Waals surface area contributed by atoms with E-state index in [2.05, 4.69) is 5.32 Å². The summed E-state index contributed by atoms with van der Waals surface area (Å²) in [7, 11) is 0. The maximum Gasteiger partial charge on any atom is 0.332 e. The molecular weight excluding hydrogens is 260 g/mol. The Kier molecular flexibility index (Phi) is 3.48. The summed E-state index contributed by atoms with van der Waals surface area (Å²) in [5.74, 6) is -1.05. The molecule has 1 aliphatic carbocycles. The molecule has 0 spiro atoms. The van der Waals surface area contributed by atoms with Crippen LogP contribution in [0.1, 0.15) is 42.2 Å². The highest BCUT2D eigenvalue weighted by atomic mass is 16.5. The average Bonchev–Trinajstić information content (AvgIpc) is 2.98. The molecule has 2 fully saturated rings. The Morgan fingerprint density at radius 3 is 2.80 bits per heavy atom. The number of aromatic nitrogens is 1. The summed E-state index contributed by atoms with van der Waals surface area (Å²) >= 11 is 0. The number of hydrogen-bond donors (Lipinski definition) is 2. The number of carboxylic acids is 1. The van der Waals surface area contributed by atoms with Gasteiger partial charge in [-0.25, -0.2) is 4.79 Å². The summed E-state index contributed by atoms with van der Waals surface area (Å²) in [4.78, 5) is 22.9. The average molecular weight is 278 g/mol. The van der Waals surface area contributed by atoms with E-state index in [-0.39, 0.29) is 12.0 Å². The number of amides is 1. The lowest BCUT2D eigenvalue weighted by Crippen LogP contribution is -2.34. The van der Waals surface area contributed by atoms with Crippen molar-refractivity contribution in [3.8, 4) is 0 Å². The maximum atomic E-state index is 12.1. The lowest BCUT2D eigenvalue weighted by Gasteiger charge is -2.13. The minimum atomic E-state index is -0.929. The molecule has 1 aromatic rings. The highest BCUT2D eigenvalue weighted by Crippen LogP contribution is 2.35. The van der Waals surface area contributed by atoms with E-state index in [0.717, 1.165) is 12.8 Å². The summed E-state index contributed by atoms with van der Waals surface area (Å²) in [6.45, 7) is 0.360. The van der Waals surface area contributed by atoms with Crippen LogP contribution in [0.25, 0.3) is 0 Å². The van der Waals surface area contributed by atoms with Crippen LogP contribution in [0.3, 0.4) is 0 Å². The topological polar surface area (TPSA) is 80.6 Å². The molecule has 0 bridgehead atoms. The highest BCUT2D eigenvalue weighted by Gasteiger charge is 2.31. The van der Waals surface area contributed by atoms with Crippen LogP contribution in [0.15, 0.2) is 18.3 Å². The summed E-state index contributed by atoms with van der Waals surface area (Å²) in [6.07, 6.45) is 4.42. The van der Waals surface area contributed by atoms with E-state index < -0.39 is 12.1 Å². The van der Waals surface area contributed by atoms with Gasteiger partial charge in [0, 0.05) is 18.8 Å². The van der Waals surface area contributed by atoms with Gasteiger partial charge in [-0.2, -0.15) is 0 Å². The monoisotopic (exact) mass is 278 g/mol. The number of carboxylic acid groups (broad SMARTS) is 1. The van der Waals surface area contributed by atoms with Crippen molar-refractivity contribution in [2.24, 2.45) is 0 Å².